The van der Waals surface area contributed by atoms with Crippen molar-refractivity contribution >= 4 is 23.7 Å². The summed E-state index contributed by atoms with van der Waals surface area (Å²) in [4.78, 5) is 12.1. The highest BCUT2D eigenvalue weighted by Gasteiger charge is 2.14. The van der Waals surface area contributed by atoms with Crippen LogP contribution in [0.4, 0.5) is 0 Å². The number of nitrogens with zero attached hydrogens (tertiary/aromatic N) is 1. The number of carbonyl (C=O) groups excluding carboxylic acids is 1. The molecule has 0 saturated carbocycles. The number of para-hydroxylation sites is 1. The van der Waals surface area contributed by atoms with Crippen molar-refractivity contribution in [2.45, 2.75) is 26.9 Å². The van der Waals surface area contributed by atoms with Gasteiger partial charge in [-0.3, -0.25) is 4.79 Å². The van der Waals surface area contributed by atoms with Gasteiger partial charge in [-0.25, -0.2) is 5.43 Å². The maximum absolute atomic E-state index is 12.1. The summed E-state index contributed by atoms with van der Waals surface area (Å²) in [6.07, 6.45) is 0.849. The number of halogens is 1. The van der Waals surface area contributed by atoms with Crippen LogP contribution < -0.4 is 14.9 Å². The number of ether oxygens (including phenoxy) is 2. The molecule has 0 aliphatic heterocycles. The third-order valence-corrected chi connectivity index (χ3v) is 3.83. The number of rotatable bonds is 7. The van der Waals surface area contributed by atoms with Crippen molar-refractivity contribution in [2.75, 3.05) is 6.61 Å². The van der Waals surface area contributed by atoms with Gasteiger partial charge in [-0.05, 0) is 56.7 Å². The van der Waals surface area contributed by atoms with Gasteiger partial charge < -0.3 is 9.47 Å². The van der Waals surface area contributed by atoms with E-state index in [0.29, 0.717) is 23.1 Å². The summed E-state index contributed by atoms with van der Waals surface area (Å²) in [5.41, 5.74) is 4.14. The van der Waals surface area contributed by atoms with Gasteiger partial charge in [-0.15, -0.1) is 0 Å². The van der Waals surface area contributed by atoms with Crippen molar-refractivity contribution in [3.8, 4) is 11.5 Å². The van der Waals surface area contributed by atoms with Crippen LogP contribution in [-0.2, 0) is 4.79 Å². The molecule has 5 nitrogen and oxygen atoms in total. The summed E-state index contributed by atoms with van der Waals surface area (Å²) in [5.74, 6) is 0.942. The minimum absolute atomic E-state index is 0.349. The van der Waals surface area contributed by atoms with Gasteiger partial charge in [-0.1, -0.05) is 23.7 Å². The zero-order valence-corrected chi connectivity index (χ0v) is 15.2. The van der Waals surface area contributed by atoms with Gasteiger partial charge in [0.05, 0.1) is 12.8 Å². The van der Waals surface area contributed by atoms with Crippen LogP contribution in [0.1, 0.15) is 25.0 Å². The summed E-state index contributed by atoms with van der Waals surface area (Å²) >= 11 is 5.98. The third kappa shape index (κ3) is 5.50. The van der Waals surface area contributed by atoms with Crippen LogP contribution in [-0.4, -0.2) is 24.8 Å². The summed E-state index contributed by atoms with van der Waals surface area (Å²) in [6.45, 7) is 6.00. The standard InChI is InChI=1S/C19H21ClN2O3/c1-4-24-18-8-6-5-7-15(18)12-21-22-19(23)14(3)25-16-9-10-17(20)13(2)11-16/h5-12,14H,4H2,1-3H3,(H,22,23)/b21-12-/t14-/m1/s1. The van der Waals surface area contributed by atoms with E-state index in [-0.39, 0.29) is 5.91 Å². The van der Waals surface area contributed by atoms with Gasteiger partial charge >= 0.3 is 0 Å². The summed E-state index contributed by atoms with van der Waals surface area (Å²) < 4.78 is 11.1. The maximum atomic E-state index is 12.1. The van der Waals surface area contributed by atoms with Crippen molar-refractivity contribution in [3.63, 3.8) is 0 Å². The minimum Gasteiger partial charge on any atom is -0.493 e. The Balaban J connectivity index is 1.94. The van der Waals surface area contributed by atoms with Crippen LogP contribution in [0.3, 0.4) is 0 Å². The van der Waals surface area contributed by atoms with Crippen molar-refractivity contribution in [1.29, 1.82) is 0 Å². The van der Waals surface area contributed by atoms with E-state index in [2.05, 4.69) is 10.5 Å². The van der Waals surface area contributed by atoms with Crippen LogP contribution in [0.5, 0.6) is 11.5 Å². The lowest BCUT2D eigenvalue weighted by Gasteiger charge is -2.13. The Morgan fingerprint density at radius 1 is 1.32 bits per heavy atom. The Bertz CT molecular complexity index is 762. The van der Waals surface area contributed by atoms with Crippen LogP contribution >= 0.6 is 11.6 Å². The molecule has 1 atom stereocenters. The summed E-state index contributed by atoms with van der Waals surface area (Å²) in [7, 11) is 0. The first-order valence-corrected chi connectivity index (χ1v) is 8.36. The Hall–Kier alpha value is -2.53. The number of hydrazone groups is 1. The molecule has 2 aromatic carbocycles. The zero-order valence-electron chi connectivity index (χ0n) is 14.5. The highest BCUT2D eigenvalue weighted by Crippen LogP contribution is 2.22. The number of amides is 1. The lowest BCUT2D eigenvalue weighted by molar-refractivity contribution is -0.127. The molecule has 0 spiro atoms. The Kier molecular flexibility index (Phi) is 6.83. The lowest BCUT2D eigenvalue weighted by Crippen LogP contribution is -2.33. The molecule has 6 heteroatoms. The molecule has 2 rings (SSSR count). The SMILES string of the molecule is CCOc1ccccc1/C=N\NC(=O)[C@@H](C)Oc1ccc(Cl)c(C)c1. The first kappa shape index (κ1) is 18.8. The van der Waals surface area contributed by atoms with E-state index in [1.54, 1.807) is 31.3 Å². The first-order valence-electron chi connectivity index (χ1n) is 7.98. The molecular weight excluding hydrogens is 340 g/mol. The van der Waals surface area contributed by atoms with E-state index in [9.17, 15) is 4.79 Å². The fraction of sp³-hybridized carbons (Fsp3) is 0.263. The fourth-order valence-electron chi connectivity index (χ4n) is 2.08. The molecule has 1 N–H and O–H groups in total. The van der Waals surface area contributed by atoms with Gasteiger partial charge in [0.15, 0.2) is 6.10 Å². The van der Waals surface area contributed by atoms with Crippen LogP contribution in [0.15, 0.2) is 47.6 Å². The second kappa shape index (κ2) is 9.08. The number of hydrogen-bond acceptors (Lipinski definition) is 4. The molecule has 0 saturated heterocycles. The van der Waals surface area contributed by atoms with Gasteiger partial charge in [0, 0.05) is 10.6 Å². The van der Waals surface area contributed by atoms with Crippen molar-refractivity contribution in [2.24, 2.45) is 5.10 Å². The van der Waals surface area contributed by atoms with E-state index in [4.69, 9.17) is 21.1 Å². The average Bonchev–Trinajstić information content (AvgIpc) is 2.59. The van der Waals surface area contributed by atoms with Crippen LogP contribution in [0, 0.1) is 6.92 Å². The second-order valence-electron chi connectivity index (χ2n) is 5.38. The minimum atomic E-state index is -0.695. The average molecular weight is 361 g/mol. The molecule has 0 bridgehead atoms. The highest BCUT2D eigenvalue weighted by molar-refractivity contribution is 6.31. The number of hydrogen-bond donors (Lipinski definition) is 1. The molecule has 25 heavy (non-hydrogen) atoms. The molecule has 0 fully saturated rings. The van der Waals surface area contributed by atoms with E-state index in [1.165, 1.54) is 0 Å². The van der Waals surface area contributed by atoms with E-state index in [0.717, 1.165) is 11.1 Å². The molecular formula is C19H21ClN2O3. The Morgan fingerprint density at radius 2 is 2.08 bits per heavy atom. The summed E-state index contributed by atoms with van der Waals surface area (Å²) in [6, 6.07) is 12.7. The summed E-state index contributed by atoms with van der Waals surface area (Å²) in [5, 5.41) is 4.63. The topological polar surface area (TPSA) is 59.9 Å². The van der Waals surface area contributed by atoms with Gasteiger partial charge in [0.25, 0.3) is 5.91 Å². The highest BCUT2D eigenvalue weighted by atomic mass is 35.5. The molecule has 0 heterocycles. The molecule has 132 valence electrons. The largest absolute Gasteiger partial charge is 0.493 e. The van der Waals surface area contributed by atoms with Crippen LogP contribution in [0.25, 0.3) is 0 Å². The van der Waals surface area contributed by atoms with Gasteiger partial charge in [0.2, 0.25) is 0 Å². The predicted molar refractivity (Wildman–Crippen MR) is 99.6 cm³/mol. The molecule has 0 aromatic heterocycles. The van der Waals surface area contributed by atoms with Crippen LogP contribution in [0.2, 0.25) is 5.02 Å². The number of nitrogens with one attached hydrogen (secondary N) is 1. The Labute approximate surface area is 152 Å². The first-order chi connectivity index (χ1) is 12.0. The lowest BCUT2D eigenvalue weighted by atomic mass is 10.2. The smallest absolute Gasteiger partial charge is 0.280 e. The fourth-order valence-corrected chi connectivity index (χ4v) is 2.20. The Morgan fingerprint density at radius 3 is 2.80 bits per heavy atom. The second-order valence-corrected chi connectivity index (χ2v) is 5.78. The third-order valence-electron chi connectivity index (χ3n) is 3.41. The molecule has 2 aromatic rings. The normalized spacial score (nSPS) is 12.0. The quantitative estimate of drug-likeness (QED) is 0.600. The number of aryl methyl sites for hydroxylation is 1. The molecule has 0 radical (unpaired) electrons. The monoisotopic (exact) mass is 360 g/mol. The van der Waals surface area contributed by atoms with Crippen molar-refractivity contribution < 1.29 is 14.3 Å². The molecule has 1 amide bonds. The number of carbonyl (C=O) groups is 1. The van der Waals surface area contributed by atoms with Gasteiger partial charge in [-0.2, -0.15) is 5.10 Å². The molecule has 0 unspecified atom stereocenters. The van der Waals surface area contributed by atoms with Crippen molar-refractivity contribution in [1.82, 2.24) is 5.43 Å². The van der Waals surface area contributed by atoms with E-state index in [1.807, 2.05) is 38.1 Å². The zero-order chi connectivity index (χ0) is 18.2. The number of benzene rings is 2. The van der Waals surface area contributed by atoms with Gasteiger partial charge in [0.1, 0.15) is 11.5 Å². The van der Waals surface area contributed by atoms with E-state index < -0.39 is 6.10 Å². The van der Waals surface area contributed by atoms with Crippen molar-refractivity contribution in [3.05, 3.63) is 58.6 Å². The molecule has 0 aliphatic carbocycles. The molecule has 0 aliphatic rings. The maximum Gasteiger partial charge on any atom is 0.280 e. The van der Waals surface area contributed by atoms with E-state index >= 15 is 0 Å². The predicted octanol–water partition coefficient (Wildman–Crippen LogP) is 3.96.